The normalized spacial score (nSPS) is 44.0. The number of hydrogen-bond acceptors (Lipinski definition) is 3. The van der Waals surface area contributed by atoms with Gasteiger partial charge >= 0.3 is 5.97 Å². The number of allylic oxidation sites excluding steroid dienone is 2. The van der Waals surface area contributed by atoms with E-state index in [2.05, 4.69) is 33.1 Å². The molecule has 23 heavy (non-hydrogen) atoms. The number of fused-ring (bicyclic) bond motifs is 2. The van der Waals surface area contributed by atoms with Crippen molar-refractivity contribution in [1.29, 1.82) is 0 Å². The van der Waals surface area contributed by atoms with Crippen molar-refractivity contribution in [3.05, 3.63) is 36.0 Å². The molecule has 3 rings (SSSR count). The topological polar surface area (TPSA) is 46.5 Å². The minimum Gasteiger partial charge on any atom is -0.454 e. The number of aliphatic hydroxyl groups is 1. The summed E-state index contributed by atoms with van der Waals surface area (Å²) in [6.07, 6.45) is 7.02. The minimum absolute atomic E-state index is 0.0374. The van der Waals surface area contributed by atoms with Gasteiger partial charge in [0.2, 0.25) is 0 Å². The van der Waals surface area contributed by atoms with Gasteiger partial charge in [0.1, 0.15) is 6.10 Å². The average molecular weight is 316 g/mol. The number of aliphatic hydroxyl groups excluding tert-OH is 1. The lowest BCUT2D eigenvalue weighted by atomic mass is 9.59. The van der Waals surface area contributed by atoms with Crippen LogP contribution < -0.4 is 0 Å². The number of carbonyl (C=O) groups is 1. The summed E-state index contributed by atoms with van der Waals surface area (Å²) >= 11 is 0. The molecule has 0 aromatic heterocycles. The third-order valence-corrected chi connectivity index (χ3v) is 6.41. The highest BCUT2D eigenvalue weighted by molar-refractivity contribution is 5.91. The molecule has 0 unspecified atom stereocenters. The van der Waals surface area contributed by atoms with Gasteiger partial charge in [-0.1, -0.05) is 31.2 Å². The molecule has 5 atom stereocenters. The molecule has 3 aliphatic rings. The molecule has 0 bridgehead atoms. The molecule has 1 aliphatic heterocycles. The van der Waals surface area contributed by atoms with Crippen LogP contribution in [0.5, 0.6) is 0 Å². The molecule has 2 fully saturated rings. The quantitative estimate of drug-likeness (QED) is 0.418. The smallest absolute Gasteiger partial charge is 0.334 e. The first-order valence-electron chi connectivity index (χ1n) is 8.75. The molecule has 3 heteroatoms. The molecule has 1 saturated carbocycles. The summed E-state index contributed by atoms with van der Waals surface area (Å²) in [5.74, 6) is 0.117. The highest BCUT2D eigenvalue weighted by Gasteiger charge is 2.47. The van der Waals surface area contributed by atoms with Crippen LogP contribution in [0.3, 0.4) is 0 Å². The number of esters is 1. The number of carbonyl (C=O) groups excluding carboxylic acids is 1. The molecular formula is C20H28O3. The van der Waals surface area contributed by atoms with Gasteiger partial charge in [-0.2, -0.15) is 0 Å². The van der Waals surface area contributed by atoms with Crippen molar-refractivity contribution < 1.29 is 14.6 Å². The van der Waals surface area contributed by atoms with Crippen molar-refractivity contribution in [2.75, 3.05) is 0 Å². The first-order valence-corrected chi connectivity index (χ1v) is 8.75. The van der Waals surface area contributed by atoms with Gasteiger partial charge < -0.3 is 9.84 Å². The molecule has 126 valence electrons. The van der Waals surface area contributed by atoms with Gasteiger partial charge in [0.15, 0.2) is 0 Å². The predicted molar refractivity (Wildman–Crippen MR) is 90.7 cm³/mol. The predicted octanol–water partition coefficient (Wildman–Crippen LogP) is 3.94. The van der Waals surface area contributed by atoms with Crippen molar-refractivity contribution in [2.24, 2.45) is 17.3 Å². The summed E-state index contributed by atoms with van der Waals surface area (Å²) in [5, 5.41) is 10.7. The fourth-order valence-corrected chi connectivity index (χ4v) is 4.72. The molecule has 2 aliphatic carbocycles. The molecule has 1 saturated heterocycles. The van der Waals surface area contributed by atoms with Crippen LogP contribution >= 0.6 is 0 Å². The Morgan fingerprint density at radius 1 is 1.26 bits per heavy atom. The lowest BCUT2D eigenvalue weighted by Gasteiger charge is -2.47. The Morgan fingerprint density at radius 3 is 2.74 bits per heavy atom. The van der Waals surface area contributed by atoms with Crippen molar-refractivity contribution in [2.45, 2.75) is 64.6 Å². The largest absolute Gasteiger partial charge is 0.454 e. The van der Waals surface area contributed by atoms with E-state index < -0.39 is 0 Å². The van der Waals surface area contributed by atoms with E-state index in [1.54, 1.807) is 0 Å². The lowest BCUT2D eigenvalue weighted by Crippen LogP contribution is -2.44. The van der Waals surface area contributed by atoms with Gasteiger partial charge in [-0.05, 0) is 57.4 Å². The Morgan fingerprint density at radius 2 is 2.00 bits per heavy atom. The third kappa shape index (κ3) is 2.80. The van der Waals surface area contributed by atoms with Crippen LogP contribution in [-0.4, -0.2) is 23.3 Å². The molecule has 3 nitrogen and oxygen atoms in total. The van der Waals surface area contributed by atoms with Gasteiger partial charge in [-0.25, -0.2) is 4.79 Å². The van der Waals surface area contributed by atoms with E-state index in [-0.39, 0.29) is 29.5 Å². The van der Waals surface area contributed by atoms with Crippen molar-refractivity contribution in [3.8, 4) is 0 Å². The van der Waals surface area contributed by atoms with Crippen LogP contribution in [0.25, 0.3) is 0 Å². The number of ether oxygens (including phenoxy) is 1. The Hall–Kier alpha value is -1.35. The standard InChI is InChI=1S/C20H28O3/c1-12-5-7-16-13(2)6-8-18(21)20(16,4)10-9-15-14(3)19(22)23-17(15)11-12/h11,15-18,21H,2-3,5-10H2,1,4H3/b12-11+/t15-,16+,17-,18-,20-/m0/s1. The van der Waals surface area contributed by atoms with Crippen LogP contribution in [-0.2, 0) is 9.53 Å². The van der Waals surface area contributed by atoms with E-state index in [1.807, 2.05) is 0 Å². The van der Waals surface area contributed by atoms with E-state index in [0.717, 1.165) is 38.5 Å². The monoisotopic (exact) mass is 316 g/mol. The summed E-state index contributed by atoms with van der Waals surface area (Å²) in [6, 6.07) is 0. The second-order valence-electron chi connectivity index (χ2n) is 7.86. The Bertz CT molecular complexity index is 573. The molecule has 0 radical (unpaired) electrons. The summed E-state index contributed by atoms with van der Waals surface area (Å²) < 4.78 is 5.50. The van der Waals surface area contributed by atoms with Crippen LogP contribution in [0.15, 0.2) is 36.0 Å². The van der Waals surface area contributed by atoms with Crippen molar-refractivity contribution in [1.82, 2.24) is 0 Å². The zero-order valence-corrected chi connectivity index (χ0v) is 14.3. The van der Waals surface area contributed by atoms with Crippen molar-refractivity contribution >= 4 is 5.97 Å². The first kappa shape index (κ1) is 16.5. The van der Waals surface area contributed by atoms with E-state index in [1.165, 1.54) is 11.1 Å². The number of rotatable bonds is 0. The summed E-state index contributed by atoms with van der Waals surface area (Å²) in [4.78, 5) is 11.9. The fourth-order valence-electron chi connectivity index (χ4n) is 4.72. The number of hydrogen-bond donors (Lipinski definition) is 1. The Balaban J connectivity index is 1.94. The lowest BCUT2D eigenvalue weighted by molar-refractivity contribution is -0.137. The minimum atomic E-state index is -0.300. The maximum atomic E-state index is 11.9. The molecule has 1 heterocycles. The Labute approximate surface area is 139 Å². The average Bonchev–Trinajstić information content (AvgIpc) is 2.75. The maximum absolute atomic E-state index is 11.9. The van der Waals surface area contributed by atoms with Crippen LogP contribution in [0.1, 0.15) is 52.4 Å². The first-order chi connectivity index (χ1) is 10.8. The van der Waals surface area contributed by atoms with Gasteiger partial charge in [-0.15, -0.1) is 0 Å². The van der Waals surface area contributed by atoms with E-state index in [4.69, 9.17) is 4.74 Å². The van der Waals surface area contributed by atoms with Crippen LogP contribution in [0, 0.1) is 17.3 Å². The third-order valence-electron chi connectivity index (χ3n) is 6.41. The fraction of sp³-hybridized carbons (Fsp3) is 0.650. The van der Waals surface area contributed by atoms with Crippen LogP contribution in [0.2, 0.25) is 0 Å². The van der Waals surface area contributed by atoms with Gasteiger partial charge in [0.25, 0.3) is 0 Å². The second-order valence-corrected chi connectivity index (χ2v) is 7.86. The highest BCUT2D eigenvalue weighted by atomic mass is 16.5. The summed E-state index contributed by atoms with van der Waals surface area (Å²) in [6.45, 7) is 12.5. The molecule has 0 aromatic carbocycles. The molecule has 0 spiro atoms. The van der Waals surface area contributed by atoms with Crippen LogP contribution in [0.4, 0.5) is 0 Å². The zero-order valence-electron chi connectivity index (χ0n) is 14.3. The zero-order chi connectivity index (χ0) is 16.8. The summed E-state index contributed by atoms with van der Waals surface area (Å²) in [7, 11) is 0. The molecular weight excluding hydrogens is 288 g/mol. The molecule has 0 amide bonds. The molecule has 1 N–H and O–H groups in total. The van der Waals surface area contributed by atoms with Crippen molar-refractivity contribution in [3.63, 3.8) is 0 Å². The van der Waals surface area contributed by atoms with Gasteiger partial charge in [0, 0.05) is 16.9 Å². The van der Waals surface area contributed by atoms with E-state index >= 15 is 0 Å². The molecule has 0 aromatic rings. The SMILES string of the molecule is C=C1CC[C@H](O)[C@@]2(C)CC[C@H]3C(=C)C(=O)O[C@H]3/C=C(\C)CC[C@H]12. The summed E-state index contributed by atoms with van der Waals surface area (Å²) in [5.41, 5.74) is 2.95. The second kappa shape index (κ2) is 5.94. The highest BCUT2D eigenvalue weighted by Crippen LogP contribution is 2.51. The Kier molecular flexibility index (Phi) is 4.26. The van der Waals surface area contributed by atoms with Gasteiger partial charge in [0.05, 0.1) is 6.10 Å². The van der Waals surface area contributed by atoms with E-state index in [9.17, 15) is 9.90 Å². The maximum Gasteiger partial charge on any atom is 0.334 e. The van der Waals surface area contributed by atoms with Gasteiger partial charge in [-0.3, -0.25) is 0 Å². The van der Waals surface area contributed by atoms with E-state index in [0.29, 0.717) is 11.5 Å².